The lowest BCUT2D eigenvalue weighted by Gasteiger charge is -2.43. The molecular formula is C21H32N2O4. The Hall–Kier alpha value is -1.37. The standard InChI is InChI=1S/C21H32N2O4/c1-25-15-18-14-23(20(24)19-3-2-10-27-19)16-21(18)6-8-22(9-7-21)13-17-4-11-26-12-5-17/h2-3,10,17-18H,4-9,11-16H2,1H3/t18-/m0/s1. The molecule has 0 aromatic carbocycles. The highest BCUT2D eigenvalue weighted by molar-refractivity contribution is 5.91. The van der Waals surface area contributed by atoms with E-state index in [2.05, 4.69) is 4.90 Å². The zero-order valence-corrected chi connectivity index (χ0v) is 16.4. The van der Waals surface area contributed by atoms with E-state index in [1.54, 1.807) is 25.5 Å². The molecule has 1 aromatic rings. The molecule has 6 nitrogen and oxygen atoms in total. The van der Waals surface area contributed by atoms with Crippen molar-refractivity contribution >= 4 is 5.91 Å². The van der Waals surface area contributed by atoms with Crippen LogP contribution in [0.3, 0.4) is 0 Å². The van der Waals surface area contributed by atoms with Gasteiger partial charge in [0.15, 0.2) is 5.76 Å². The highest BCUT2D eigenvalue weighted by Gasteiger charge is 2.49. The summed E-state index contributed by atoms with van der Waals surface area (Å²) in [5.41, 5.74) is 0.185. The van der Waals surface area contributed by atoms with Gasteiger partial charge in [-0.2, -0.15) is 0 Å². The number of amides is 1. The van der Waals surface area contributed by atoms with Crippen molar-refractivity contribution in [3.8, 4) is 0 Å². The fourth-order valence-corrected chi connectivity index (χ4v) is 5.22. The number of carbonyl (C=O) groups is 1. The van der Waals surface area contributed by atoms with E-state index in [0.717, 1.165) is 64.8 Å². The fourth-order valence-electron chi connectivity index (χ4n) is 5.22. The largest absolute Gasteiger partial charge is 0.459 e. The molecule has 0 N–H and O–H groups in total. The van der Waals surface area contributed by atoms with Crippen molar-refractivity contribution in [2.45, 2.75) is 25.7 Å². The highest BCUT2D eigenvalue weighted by atomic mass is 16.5. The summed E-state index contributed by atoms with van der Waals surface area (Å²) in [5, 5.41) is 0. The molecule has 0 saturated carbocycles. The number of rotatable bonds is 5. The molecule has 1 atom stereocenters. The Kier molecular flexibility index (Phi) is 5.85. The monoisotopic (exact) mass is 376 g/mol. The van der Waals surface area contributed by atoms with Gasteiger partial charge < -0.3 is 23.7 Å². The normalized spacial score (nSPS) is 26.7. The molecule has 3 fully saturated rings. The molecule has 150 valence electrons. The van der Waals surface area contributed by atoms with Crippen LogP contribution < -0.4 is 0 Å². The van der Waals surface area contributed by atoms with Gasteiger partial charge in [0.25, 0.3) is 5.91 Å². The fraction of sp³-hybridized carbons (Fsp3) is 0.762. The molecule has 1 aromatic heterocycles. The summed E-state index contributed by atoms with van der Waals surface area (Å²) in [5.74, 6) is 1.65. The molecule has 1 amide bonds. The van der Waals surface area contributed by atoms with E-state index in [0.29, 0.717) is 11.7 Å². The summed E-state index contributed by atoms with van der Waals surface area (Å²) in [7, 11) is 1.77. The molecule has 6 heteroatoms. The zero-order chi connectivity index (χ0) is 18.7. The molecule has 0 aliphatic carbocycles. The highest BCUT2D eigenvalue weighted by Crippen LogP contribution is 2.45. The average molecular weight is 376 g/mol. The van der Waals surface area contributed by atoms with Gasteiger partial charge in [-0.3, -0.25) is 4.79 Å². The van der Waals surface area contributed by atoms with Gasteiger partial charge in [0.2, 0.25) is 0 Å². The van der Waals surface area contributed by atoms with Crippen LogP contribution in [0.4, 0.5) is 0 Å². The minimum absolute atomic E-state index is 0.0163. The lowest BCUT2D eigenvalue weighted by Crippen LogP contribution is -2.47. The summed E-state index contributed by atoms with van der Waals surface area (Å²) >= 11 is 0. The van der Waals surface area contributed by atoms with Crippen LogP contribution in [-0.2, 0) is 9.47 Å². The third-order valence-corrected chi connectivity index (χ3v) is 6.91. The van der Waals surface area contributed by atoms with Gasteiger partial charge in [0.05, 0.1) is 12.9 Å². The van der Waals surface area contributed by atoms with Gasteiger partial charge in [-0.15, -0.1) is 0 Å². The molecule has 0 radical (unpaired) electrons. The third kappa shape index (κ3) is 4.08. The van der Waals surface area contributed by atoms with Crippen LogP contribution in [0.25, 0.3) is 0 Å². The molecule has 3 aliphatic rings. The number of furan rings is 1. The Balaban J connectivity index is 1.38. The van der Waals surface area contributed by atoms with Crippen LogP contribution in [0, 0.1) is 17.3 Å². The van der Waals surface area contributed by atoms with E-state index < -0.39 is 0 Å². The third-order valence-electron chi connectivity index (χ3n) is 6.91. The predicted octanol–water partition coefficient (Wildman–Crippen LogP) is 2.51. The number of hydrogen-bond donors (Lipinski definition) is 0. The van der Waals surface area contributed by atoms with Crippen molar-refractivity contribution in [3.05, 3.63) is 24.2 Å². The van der Waals surface area contributed by atoms with E-state index in [9.17, 15) is 4.79 Å². The average Bonchev–Trinajstić information content (AvgIpc) is 3.34. The van der Waals surface area contributed by atoms with Crippen molar-refractivity contribution in [2.24, 2.45) is 17.3 Å². The maximum Gasteiger partial charge on any atom is 0.289 e. The lowest BCUT2D eigenvalue weighted by molar-refractivity contribution is 0.0160. The van der Waals surface area contributed by atoms with E-state index >= 15 is 0 Å². The smallest absolute Gasteiger partial charge is 0.289 e. The SMILES string of the molecule is COC[C@@H]1CN(C(=O)c2ccco2)CC12CCN(CC1CCOCC1)CC2. The first kappa shape index (κ1) is 19.0. The molecule has 3 aliphatic heterocycles. The minimum atomic E-state index is 0.0163. The first-order valence-corrected chi connectivity index (χ1v) is 10.3. The van der Waals surface area contributed by atoms with Gasteiger partial charge >= 0.3 is 0 Å². The van der Waals surface area contributed by atoms with Crippen LogP contribution in [0.5, 0.6) is 0 Å². The molecule has 0 unspecified atom stereocenters. The number of likely N-dealkylation sites (tertiary alicyclic amines) is 2. The summed E-state index contributed by atoms with van der Waals surface area (Å²) in [6.45, 7) is 7.61. The van der Waals surface area contributed by atoms with E-state index in [-0.39, 0.29) is 11.3 Å². The Morgan fingerprint density at radius 3 is 2.74 bits per heavy atom. The summed E-state index contributed by atoms with van der Waals surface area (Å²) in [6.07, 6.45) is 6.25. The maximum atomic E-state index is 12.8. The molecule has 1 spiro atoms. The van der Waals surface area contributed by atoms with Crippen LogP contribution in [0.2, 0.25) is 0 Å². The zero-order valence-electron chi connectivity index (χ0n) is 16.4. The van der Waals surface area contributed by atoms with Gasteiger partial charge in [-0.05, 0) is 62.2 Å². The Bertz CT molecular complexity index is 604. The number of methoxy groups -OCH3 is 1. The molecule has 4 heterocycles. The first-order chi connectivity index (χ1) is 13.2. The Morgan fingerprint density at radius 1 is 1.30 bits per heavy atom. The molecular weight excluding hydrogens is 344 g/mol. The quantitative estimate of drug-likeness (QED) is 0.790. The maximum absolute atomic E-state index is 12.8. The van der Waals surface area contributed by atoms with Gasteiger partial charge in [0, 0.05) is 45.9 Å². The first-order valence-electron chi connectivity index (χ1n) is 10.3. The van der Waals surface area contributed by atoms with E-state index in [1.807, 2.05) is 4.90 Å². The molecule has 4 rings (SSSR count). The van der Waals surface area contributed by atoms with Gasteiger partial charge in [0.1, 0.15) is 0 Å². The van der Waals surface area contributed by atoms with Crippen molar-refractivity contribution in [2.75, 3.05) is 59.7 Å². The topological polar surface area (TPSA) is 55.2 Å². The Labute approximate surface area is 161 Å². The number of hydrogen-bond acceptors (Lipinski definition) is 5. The van der Waals surface area contributed by atoms with Crippen molar-refractivity contribution in [3.63, 3.8) is 0 Å². The lowest BCUT2D eigenvalue weighted by atomic mass is 9.71. The van der Waals surface area contributed by atoms with Gasteiger partial charge in [-0.1, -0.05) is 0 Å². The van der Waals surface area contributed by atoms with Crippen LogP contribution in [0.15, 0.2) is 22.8 Å². The second kappa shape index (κ2) is 8.33. The van der Waals surface area contributed by atoms with Crippen molar-refractivity contribution < 1.29 is 18.7 Å². The van der Waals surface area contributed by atoms with Crippen LogP contribution >= 0.6 is 0 Å². The second-order valence-electron chi connectivity index (χ2n) is 8.53. The second-order valence-corrected chi connectivity index (χ2v) is 8.53. The van der Waals surface area contributed by atoms with Crippen molar-refractivity contribution in [1.82, 2.24) is 9.80 Å². The number of nitrogens with zero attached hydrogens (tertiary/aromatic N) is 2. The number of piperidine rings is 1. The van der Waals surface area contributed by atoms with Crippen molar-refractivity contribution in [1.29, 1.82) is 0 Å². The molecule has 0 bridgehead atoms. The summed E-state index contributed by atoms with van der Waals surface area (Å²) in [4.78, 5) is 17.4. The number of ether oxygens (including phenoxy) is 2. The predicted molar refractivity (Wildman–Crippen MR) is 102 cm³/mol. The van der Waals surface area contributed by atoms with Crippen LogP contribution in [0.1, 0.15) is 36.2 Å². The Morgan fingerprint density at radius 2 is 2.07 bits per heavy atom. The molecule has 3 saturated heterocycles. The van der Waals surface area contributed by atoms with Gasteiger partial charge in [-0.25, -0.2) is 0 Å². The van der Waals surface area contributed by atoms with E-state index in [4.69, 9.17) is 13.9 Å². The summed E-state index contributed by atoms with van der Waals surface area (Å²) in [6, 6.07) is 3.54. The minimum Gasteiger partial charge on any atom is -0.459 e. The van der Waals surface area contributed by atoms with E-state index in [1.165, 1.54) is 19.4 Å². The number of carbonyl (C=O) groups excluding carboxylic acids is 1. The molecule has 27 heavy (non-hydrogen) atoms. The summed E-state index contributed by atoms with van der Waals surface area (Å²) < 4.78 is 16.4. The van der Waals surface area contributed by atoms with Crippen LogP contribution in [-0.4, -0.2) is 75.4 Å².